The summed E-state index contributed by atoms with van der Waals surface area (Å²) in [7, 11) is 2.01. The largest absolute Gasteiger partial charge is 0.543 e. The molecule has 10 heteroatoms. The number of thioether (sulfide) groups is 2. The molecule has 0 bridgehead atoms. The normalized spacial score (nSPS) is 25.4. The topological polar surface area (TPSA) is 89.0 Å². The van der Waals surface area contributed by atoms with Gasteiger partial charge in [0.25, 0.3) is 0 Å². The fourth-order valence-electron chi connectivity index (χ4n) is 4.50. The third kappa shape index (κ3) is 2.44. The number of rotatable bonds is 5. The Balaban J connectivity index is 1.90. The molecule has 0 saturated carbocycles. The second kappa shape index (κ2) is 6.79. The van der Waals surface area contributed by atoms with Gasteiger partial charge in [0.1, 0.15) is 6.20 Å². The van der Waals surface area contributed by atoms with Crippen LogP contribution in [0.3, 0.4) is 0 Å². The van der Waals surface area contributed by atoms with E-state index in [1.54, 1.807) is 30.4 Å². The maximum Gasteiger partial charge on any atom is 0.324 e. The van der Waals surface area contributed by atoms with E-state index < -0.39 is 18.0 Å². The van der Waals surface area contributed by atoms with Gasteiger partial charge in [-0.2, -0.15) is 4.40 Å². The van der Waals surface area contributed by atoms with Gasteiger partial charge in [-0.15, -0.1) is 0 Å². The van der Waals surface area contributed by atoms with Crippen molar-refractivity contribution in [1.29, 1.82) is 0 Å². The van der Waals surface area contributed by atoms with Crippen molar-refractivity contribution >= 4 is 57.1 Å². The van der Waals surface area contributed by atoms with Crippen LogP contribution in [0.15, 0.2) is 22.1 Å². The minimum absolute atomic E-state index is 0.0512. The van der Waals surface area contributed by atoms with Crippen molar-refractivity contribution in [3.05, 3.63) is 16.8 Å². The number of β-lactam (4-membered cyclic amide) rings is 1. The van der Waals surface area contributed by atoms with E-state index in [2.05, 4.69) is 8.97 Å². The summed E-state index contributed by atoms with van der Waals surface area (Å²) in [5.74, 6) is -2.46. The highest BCUT2D eigenvalue weighted by molar-refractivity contribution is 7.99. The van der Waals surface area contributed by atoms with Crippen LogP contribution in [0, 0.1) is 11.8 Å². The summed E-state index contributed by atoms with van der Waals surface area (Å²) in [5, 5.41) is 24.1. The van der Waals surface area contributed by atoms with Gasteiger partial charge in [-0.25, -0.2) is 4.57 Å². The Labute approximate surface area is 175 Å². The Morgan fingerprint density at radius 1 is 1.39 bits per heavy atom. The molecule has 2 aromatic heterocycles. The number of carboxylic acids is 1. The van der Waals surface area contributed by atoms with E-state index in [4.69, 9.17) is 0 Å². The van der Waals surface area contributed by atoms with E-state index in [9.17, 15) is 19.8 Å². The lowest BCUT2D eigenvalue weighted by atomic mass is 9.77. The third-order valence-corrected chi connectivity index (χ3v) is 8.61. The number of fused-ring (bicyclic) bond motifs is 2. The van der Waals surface area contributed by atoms with Crippen molar-refractivity contribution in [3.8, 4) is 0 Å². The maximum atomic E-state index is 12.5. The van der Waals surface area contributed by atoms with E-state index in [0.29, 0.717) is 5.57 Å². The Kier molecular flexibility index (Phi) is 4.80. The number of carbonyl (C=O) groups excluding carboxylic acids is 2. The molecule has 1 amide bonds. The van der Waals surface area contributed by atoms with Gasteiger partial charge in [0, 0.05) is 11.5 Å². The molecule has 0 radical (unpaired) electrons. The van der Waals surface area contributed by atoms with Crippen LogP contribution in [0.2, 0.25) is 0 Å². The van der Waals surface area contributed by atoms with Gasteiger partial charge >= 0.3 is 5.16 Å². The molecule has 0 spiro atoms. The highest BCUT2D eigenvalue weighted by atomic mass is 32.2. The molecule has 4 atom stereocenters. The molecule has 0 aromatic carbocycles. The van der Waals surface area contributed by atoms with Crippen molar-refractivity contribution in [1.82, 2.24) is 9.30 Å². The summed E-state index contributed by atoms with van der Waals surface area (Å²) in [6.45, 7) is 3.50. The number of aliphatic carboxylic acids is 1. The quantitative estimate of drug-likeness (QED) is 0.417. The highest BCUT2D eigenvalue weighted by Gasteiger charge is 2.59. The van der Waals surface area contributed by atoms with Gasteiger partial charge in [-0.3, -0.25) is 4.79 Å². The molecular formula is C18H21N3O4S3. The number of aliphatic hydroxyl groups is 1. The summed E-state index contributed by atoms with van der Waals surface area (Å²) in [5.41, 5.74) is 0.571. The van der Waals surface area contributed by atoms with Crippen molar-refractivity contribution < 1.29 is 24.4 Å². The van der Waals surface area contributed by atoms with Crippen LogP contribution in [-0.2, 0) is 16.6 Å². The lowest BCUT2D eigenvalue weighted by Gasteiger charge is -2.47. The average molecular weight is 440 g/mol. The molecule has 7 nitrogen and oxygen atoms in total. The SMILES string of the molecule is CSc1c2sc(C3=C(C(=O)[O-])N4C(=O)[C@H]([C@@H](C)O)[C@H]4[C@H]3C)cn2c(SC)[n+]1C. The zero-order valence-electron chi connectivity index (χ0n) is 16.1. The number of amides is 1. The van der Waals surface area contributed by atoms with Gasteiger partial charge in [0.2, 0.25) is 15.8 Å². The van der Waals surface area contributed by atoms with Gasteiger partial charge < -0.3 is 19.9 Å². The first kappa shape index (κ1) is 19.8. The first-order valence-corrected chi connectivity index (χ1v) is 12.1. The van der Waals surface area contributed by atoms with E-state index >= 15 is 0 Å². The molecule has 150 valence electrons. The molecule has 4 heterocycles. The van der Waals surface area contributed by atoms with E-state index in [1.807, 2.05) is 32.7 Å². The molecule has 1 saturated heterocycles. The van der Waals surface area contributed by atoms with Gasteiger partial charge in [0.05, 0.1) is 41.7 Å². The second-order valence-electron chi connectivity index (χ2n) is 7.13. The molecular weight excluding hydrogens is 418 g/mol. The molecule has 1 fully saturated rings. The lowest BCUT2D eigenvalue weighted by Crippen LogP contribution is -2.64. The van der Waals surface area contributed by atoms with Crippen LogP contribution >= 0.6 is 34.9 Å². The van der Waals surface area contributed by atoms with Crippen molar-refractivity contribution in [2.75, 3.05) is 12.5 Å². The first-order valence-electron chi connectivity index (χ1n) is 8.83. The minimum Gasteiger partial charge on any atom is -0.543 e. The van der Waals surface area contributed by atoms with Crippen molar-refractivity contribution in [2.24, 2.45) is 18.9 Å². The number of hydrogen-bond donors (Lipinski definition) is 1. The van der Waals surface area contributed by atoms with Crippen LogP contribution < -0.4 is 9.67 Å². The molecule has 2 aromatic rings. The summed E-state index contributed by atoms with van der Waals surface area (Å²) in [6, 6.07) is -0.340. The summed E-state index contributed by atoms with van der Waals surface area (Å²) in [6.07, 6.45) is 5.16. The minimum atomic E-state index is -1.35. The van der Waals surface area contributed by atoms with Crippen LogP contribution in [0.4, 0.5) is 0 Å². The van der Waals surface area contributed by atoms with E-state index in [-0.39, 0.29) is 23.6 Å². The number of nitrogens with zero attached hydrogens (tertiary/aromatic N) is 3. The Bertz CT molecular complexity index is 999. The summed E-state index contributed by atoms with van der Waals surface area (Å²) >= 11 is 4.78. The zero-order chi connectivity index (χ0) is 20.5. The Morgan fingerprint density at radius 2 is 2.07 bits per heavy atom. The van der Waals surface area contributed by atoms with Crippen LogP contribution in [0.1, 0.15) is 18.7 Å². The third-order valence-electron chi connectivity index (χ3n) is 5.66. The molecule has 4 rings (SSSR count). The maximum absolute atomic E-state index is 12.5. The fraction of sp³-hybridized carbons (Fsp3) is 0.500. The molecule has 2 aliphatic heterocycles. The molecule has 2 aliphatic rings. The summed E-state index contributed by atoms with van der Waals surface area (Å²) in [4.78, 5) is 27.6. The number of thiazole rings is 1. The average Bonchev–Trinajstić information content (AvgIpc) is 3.21. The number of imidazole rings is 1. The van der Waals surface area contributed by atoms with Crippen LogP contribution in [-0.4, -0.2) is 50.9 Å². The first-order chi connectivity index (χ1) is 13.2. The van der Waals surface area contributed by atoms with Crippen molar-refractivity contribution in [3.63, 3.8) is 0 Å². The lowest BCUT2D eigenvalue weighted by molar-refractivity contribution is -0.742. The van der Waals surface area contributed by atoms with Crippen LogP contribution in [0.25, 0.3) is 10.4 Å². The van der Waals surface area contributed by atoms with E-state index in [0.717, 1.165) is 19.9 Å². The van der Waals surface area contributed by atoms with Crippen LogP contribution in [0.5, 0.6) is 0 Å². The predicted molar refractivity (Wildman–Crippen MR) is 107 cm³/mol. The Hall–Kier alpha value is -1.49. The fourth-order valence-corrected chi connectivity index (χ4v) is 7.55. The number of carboxylic acid groups (broad SMARTS) is 1. The highest BCUT2D eigenvalue weighted by Crippen LogP contribution is 2.51. The summed E-state index contributed by atoms with van der Waals surface area (Å²) < 4.78 is 4.20. The molecule has 0 aliphatic carbocycles. The predicted octanol–water partition coefficient (Wildman–Crippen LogP) is 0.588. The second-order valence-corrected chi connectivity index (χ2v) is 9.73. The van der Waals surface area contributed by atoms with Gasteiger partial charge in [-0.1, -0.05) is 30.0 Å². The number of carbonyl (C=O) groups is 2. The standard InChI is InChI=1S/C18H21N3O4S3/c1-7-10(13(17(24)25)21-12(7)11(8(2)22)14(21)23)9-6-20-16(28-9)15(26-4)19(3)18(20)27-5/h6-8,11-12,22H,1-5H3/t7-,8+,11+,12+/m0/s1. The molecule has 0 unspecified atom stereocenters. The zero-order valence-corrected chi connectivity index (χ0v) is 18.6. The number of aliphatic hydroxyl groups excluding tert-OH is 1. The number of hydrogen-bond acceptors (Lipinski definition) is 7. The van der Waals surface area contributed by atoms with Gasteiger partial charge in [-0.05, 0) is 31.2 Å². The van der Waals surface area contributed by atoms with Gasteiger partial charge in [0.15, 0.2) is 0 Å². The number of aromatic nitrogens is 2. The smallest absolute Gasteiger partial charge is 0.324 e. The Morgan fingerprint density at radius 3 is 2.61 bits per heavy atom. The monoisotopic (exact) mass is 439 g/mol. The van der Waals surface area contributed by atoms with E-state index in [1.165, 1.54) is 16.2 Å². The van der Waals surface area contributed by atoms with Crippen molar-refractivity contribution in [2.45, 2.75) is 36.2 Å². The molecule has 28 heavy (non-hydrogen) atoms. The molecule has 1 N–H and O–H groups in total.